The van der Waals surface area contributed by atoms with E-state index in [0.717, 1.165) is 16.6 Å². The van der Waals surface area contributed by atoms with Gasteiger partial charge in [-0.3, -0.25) is 0 Å². The first-order valence-electron chi connectivity index (χ1n) is 9.62. The van der Waals surface area contributed by atoms with E-state index in [-0.39, 0.29) is 5.97 Å². The molecule has 0 N–H and O–H groups in total. The number of hydrogen-bond acceptors (Lipinski definition) is 2. The van der Waals surface area contributed by atoms with Crippen LogP contribution in [0.15, 0.2) is 103 Å². The maximum atomic E-state index is 12.6. The summed E-state index contributed by atoms with van der Waals surface area (Å²) >= 11 is 0. The van der Waals surface area contributed by atoms with E-state index in [9.17, 15) is 4.79 Å². The molecule has 29 heavy (non-hydrogen) atoms. The fraction of sp³-hybridized carbons (Fsp3) is 0.0385. The van der Waals surface area contributed by atoms with Gasteiger partial charge in [0.2, 0.25) is 0 Å². The highest BCUT2D eigenvalue weighted by Gasteiger charge is 2.14. The van der Waals surface area contributed by atoms with Gasteiger partial charge in [-0.15, -0.1) is 0 Å². The third-order valence-corrected chi connectivity index (χ3v) is 5.19. The summed E-state index contributed by atoms with van der Waals surface area (Å²) in [5, 5.41) is 2.45. The molecule has 0 aliphatic heterocycles. The molecule has 0 fully saturated rings. The monoisotopic (exact) mass is 377 g/mol. The Kier molecular flexibility index (Phi) is 4.34. The topological polar surface area (TPSA) is 31.2 Å². The Labute approximate surface area is 168 Å². The average Bonchev–Trinajstić information content (AvgIpc) is 3.10. The Hall–Kier alpha value is -3.85. The molecule has 3 heteroatoms. The maximum absolute atomic E-state index is 12.6. The van der Waals surface area contributed by atoms with Gasteiger partial charge in [0.1, 0.15) is 5.75 Å². The summed E-state index contributed by atoms with van der Waals surface area (Å²) in [4.78, 5) is 12.6. The van der Waals surface area contributed by atoms with Crippen LogP contribution >= 0.6 is 0 Å². The predicted molar refractivity (Wildman–Crippen MR) is 116 cm³/mol. The minimum Gasteiger partial charge on any atom is -0.423 e. The van der Waals surface area contributed by atoms with Gasteiger partial charge < -0.3 is 9.30 Å². The van der Waals surface area contributed by atoms with Gasteiger partial charge in [0.15, 0.2) is 0 Å². The maximum Gasteiger partial charge on any atom is 0.343 e. The van der Waals surface area contributed by atoms with Crippen molar-refractivity contribution in [3.8, 4) is 5.75 Å². The zero-order valence-electron chi connectivity index (χ0n) is 15.8. The Morgan fingerprint density at radius 1 is 0.655 bits per heavy atom. The fourth-order valence-corrected chi connectivity index (χ4v) is 3.81. The molecule has 0 saturated carbocycles. The van der Waals surface area contributed by atoms with Crippen molar-refractivity contribution in [2.24, 2.45) is 0 Å². The summed E-state index contributed by atoms with van der Waals surface area (Å²) in [6, 6.07) is 33.6. The first kappa shape index (κ1) is 17.3. The van der Waals surface area contributed by atoms with Crippen LogP contribution in [0.3, 0.4) is 0 Å². The van der Waals surface area contributed by atoms with E-state index in [1.165, 1.54) is 10.8 Å². The Bertz CT molecular complexity index is 1270. The molecule has 0 spiro atoms. The van der Waals surface area contributed by atoms with Gasteiger partial charge in [-0.2, -0.15) is 0 Å². The van der Waals surface area contributed by atoms with Crippen molar-refractivity contribution in [3.05, 3.63) is 114 Å². The lowest BCUT2D eigenvalue weighted by molar-refractivity contribution is 0.0733. The number of fused-ring (bicyclic) bond motifs is 3. The van der Waals surface area contributed by atoms with Crippen LogP contribution in [-0.4, -0.2) is 10.5 Å². The van der Waals surface area contributed by atoms with E-state index < -0.39 is 0 Å². The second kappa shape index (κ2) is 7.28. The summed E-state index contributed by atoms with van der Waals surface area (Å²) in [6.07, 6.45) is 0. The molecule has 0 atom stereocenters. The van der Waals surface area contributed by atoms with Crippen LogP contribution < -0.4 is 4.74 Å². The number of benzene rings is 4. The van der Waals surface area contributed by atoms with E-state index in [1.54, 1.807) is 12.1 Å². The second-order valence-corrected chi connectivity index (χ2v) is 6.98. The van der Waals surface area contributed by atoms with Crippen LogP contribution in [0.5, 0.6) is 5.75 Å². The highest BCUT2D eigenvalue weighted by atomic mass is 16.5. The van der Waals surface area contributed by atoms with Crippen molar-refractivity contribution < 1.29 is 9.53 Å². The van der Waals surface area contributed by atoms with Crippen molar-refractivity contribution in [1.82, 2.24) is 4.57 Å². The van der Waals surface area contributed by atoms with Gasteiger partial charge in [0, 0.05) is 27.4 Å². The van der Waals surface area contributed by atoms with Gasteiger partial charge in [0.05, 0.1) is 12.1 Å². The number of para-hydroxylation sites is 3. The van der Waals surface area contributed by atoms with Crippen molar-refractivity contribution >= 4 is 27.8 Å². The van der Waals surface area contributed by atoms with Gasteiger partial charge >= 0.3 is 5.97 Å². The lowest BCUT2D eigenvalue weighted by atomic mass is 10.2. The number of ether oxygens (including phenoxy) is 1. The van der Waals surface area contributed by atoms with E-state index in [2.05, 4.69) is 53.1 Å². The number of nitrogens with zero attached hydrogens (tertiary/aromatic N) is 1. The summed E-state index contributed by atoms with van der Waals surface area (Å²) in [5.41, 5.74) is 3.83. The molecule has 3 nitrogen and oxygen atoms in total. The van der Waals surface area contributed by atoms with Gasteiger partial charge in [-0.1, -0.05) is 72.8 Å². The lowest BCUT2D eigenvalue weighted by Gasteiger charge is -2.13. The number of carbonyl (C=O) groups is 1. The number of aromatic nitrogens is 1. The largest absolute Gasteiger partial charge is 0.423 e. The van der Waals surface area contributed by atoms with Crippen LogP contribution in [-0.2, 0) is 6.54 Å². The highest BCUT2D eigenvalue weighted by molar-refractivity contribution is 6.08. The summed E-state index contributed by atoms with van der Waals surface area (Å²) in [7, 11) is 0. The Balaban J connectivity index is 1.56. The molecule has 0 bridgehead atoms. The second-order valence-electron chi connectivity index (χ2n) is 6.98. The summed E-state index contributed by atoms with van der Waals surface area (Å²) in [6.45, 7) is 0.617. The highest BCUT2D eigenvalue weighted by Crippen LogP contribution is 2.31. The lowest BCUT2D eigenvalue weighted by Crippen LogP contribution is -2.10. The molecule has 0 aliphatic rings. The molecule has 4 aromatic carbocycles. The van der Waals surface area contributed by atoms with Crippen molar-refractivity contribution in [2.75, 3.05) is 0 Å². The molecular weight excluding hydrogens is 358 g/mol. The van der Waals surface area contributed by atoms with Gasteiger partial charge in [-0.25, -0.2) is 4.79 Å². The third-order valence-electron chi connectivity index (χ3n) is 5.19. The molecule has 1 heterocycles. The average molecular weight is 377 g/mol. The molecule has 0 unspecified atom stereocenters. The van der Waals surface area contributed by atoms with E-state index >= 15 is 0 Å². The van der Waals surface area contributed by atoms with Gasteiger partial charge in [-0.05, 0) is 30.3 Å². The molecule has 5 rings (SSSR count). The number of hydrogen-bond donors (Lipinski definition) is 0. The van der Waals surface area contributed by atoms with Crippen molar-refractivity contribution in [3.63, 3.8) is 0 Å². The van der Waals surface area contributed by atoms with E-state index in [0.29, 0.717) is 17.9 Å². The van der Waals surface area contributed by atoms with Crippen LogP contribution in [0.1, 0.15) is 15.9 Å². The molecule has 5 aromatic rings. The SMILES string of the molecule is O=C(Oc1ccccc1Cn1c2ccccc2c2ccccc21)c1ccccc1. The summed E-state index contributed by atoms with van der Waals surface area (Å²) in [5.74, 6) is 0.239. The molecule has 0 radical (unpaired) electrons. The first-order chi connectivity index (χ1) is 14.3. The van der Waals surface area contributed by atoms with Crippen molar-refractivity contribution in [2.45, 2.75) is 6.54 Å². The molecular formula is C26H19NO2. The number of rotatable bonds is 4. The number of esters is 1. The Morgan fingerprint density at radius 3 is 1.90 bits per heavy atom. The molecule has 0 saturated heterocycles. The third kappa shape index (κ3) is 3.17. The molecule has 1 aromatic heterocycles. The number of carbonyl (C=O) groups excluding carboxylic acids is 1. The smallest absolute Gasteiger partial charge is 0.343 e. The van der Waals surface area contributed by atoms with Gasteiger partial charge in [0.25, 0.3) is 0 Å². The van der Waals surface area contributed by atoms with Crippen molar-refractivity contribution in [1.29, 1.82) is 0 Å². The van der Waals surface area contributed by atoms with Crippen LogP contribution in [0, 0.1) is 0 Å². The molecule has 140 valence electrons. The zero-order chi connectivity index (χ0) is 19.6. The Morgan fingerprint density at radius 2 is 1.21 bits per heavy atom. The van der Waals surface area contributed by atoms with Crippen LogP contribution in [0.4, 0.5) is 0 Å². The van der Waals surface area contributed by atoms with Crippen LogP contribution in [0.25, 0.3) is 21.8 Å². The fourth-order valence-electron chi connectivity index (χ4n) is 3.81. The zero-order valence-corrected chi connectivity index (χ0v) is 15.8. The first-order valence-corrected chi connectivity index (χ1v) is 9.62. The molecule has 0 aliphatic carbocycles. The normalized spacial score (nSPS) is 11.0. The quantitative estimate of drug-likeness (QED) is 0.281. The standard InChI is InChI=1S/C26H19NO2/c28-26(19-10-2-1-3-11-19)29-25-17-9-4-12-20(25)18-27-23-15-7-5-13-21(23)22-14-6-8-16-24(22)27/h1-17H,18H2. The minimum absolute atomic E-state index is 0.347. The van der Waals surface area contributed by atoms with E-state index in [4.69, 9.17) is 4.74 Å². The van der Waals surface area contributed by atoms with E-state index in [1.807, 2.05) is 42.5 Å². The predicted octanol–water partition coefficient (Wildman–Crippen LogP) is 6.06. The molecule has 0 amide bonds. The summed E-state index contributed by atoms with van der Waals surface area (Å²) < 4.78 is 8.03. The minimum atomic E-state index is -0.347. The van der Waals surface area contributed by atoms with Crippen LogP contribution in [0.2, 0.25) is 0 Å².